The molecule has 5 nitrogen and oxygen atoms in total. The Kier molecular flexibility index (Phi) is 3.36. The van der Waals surface area contributed by atoms with Crippen LogP contribution >= 0.6 is 0 Å². The van der Waals surface area contributed by atoms with Gasteiger partial charge >= 0.3 is 5.97 Å². The minimum atomic E-state index is -1.10. The average Bonchev–Trinajstić information content (AvgIpc) is 3.02. The Morgan fingerprint density at radius 2 is 1.86 bits per heavy atom. The van der Waals surface area contributed by atoms with E-state index in [0.29, 0.717) is 18.9 Å². The van der Waals surface area contributed by atoms with E-state index in [-0.39, 0.29) is 5.69 Å². The van der Waals surface area contributed by atoms with Crippen LogP contribution in [0.5, 0.6) is 0 Å². The fraction of sp³-hybridized carbons (Fsp3) is 0.429. The van der Waals surface area contributed by atoms with E-state index in [1.54, 1.807) is 0 Å². The van der Waals surface area contributed by atoms with E-state index in [2.05, 4.69) is 5.32 Å². The van der Waals surface area contributed by atoms with Gasteiger partial charge in [0.2, 0.25) is 5.91 Å². The summed E-state index contributed by atoms with van der Waals surface area (Å²) >= 11 is 0. The van der Waals surface area contributed by atoms with Crippen molar-refractivity contribution in [3.63, 3.8) is 0 Å². The number of hydrogen-bond donors (Lipinski definition) is 2. The van der Waals surface area contributed by atoms with Gasteiger partial charge in [-0.05, 0) is 25.0 Å². The lowest BCUT2D eigenvalue weighted by molar-refractivity contribution is -0.147. The second kappa shape index (κ2) is 5.07. The monoisotopic (exact) mass is 297 g/mol. The van der Waals surface area contributed by atoms with E-state index in [9.17, 15) is 23.5 Å². The van der Waals surface area contributed by atoms with Crippen molar-refractivity contribution in [3.8, 4) is 0 Å². The van der Waals surface area contributed by atoms with E-state index in [1.807, 2.05) is 0 Å². The second-order valence-electron chi connectivity index (χ2n) is 5.29. The molecule has 2 aliphatic heterocycles. The summed E-state index contributed by atoms with van der Waals surface area (Å²) in [5, 5.41) is 11.6. The van der Waals surface area contributed by atoms with Crippen LogP contribution in [-0.2, 0) is 14.3 Å². The molecule has 0 spiro atoms. The van der Waals surface area contributed by atoms with Gasteiger partial charge in [-0.1, -0.05) is 0 Å². The highest BCUT2D eigenvalue weighted by molar-refractivity contribution is 5.96. The van der Waals surface area contributed by atoms with Crippen LogP contribution < -0.4 is 5.32 Å². The molecule has 2 saturated heterocycles. The summed E-state index contributed by atoms with van der Waals surface area (Å²) in [4.78, 5) is 23.5. The number of carbonyl (C=O) groups excluding carboxylic acids is 1. The first kappa shape index (κ1) is 13.9. The molecule has 2 aliphatic rings. The molecule has 2 fully saturated rings. The maximum absolute atomic E-state index is 13.5. The van der Waals surface area contributed by atoms with E-state index in [4.69, 9.17) is 4.74 Å². The molecule has 4 atom stereocenters. The molecule has 1 amide bonds. The molecule has 2 bridgehead atoms. The van der Waals surface area contributed by atoms with E-state index in [0.717, 1.165) is 12.1 Å². The average molecular weight is 297 g/mol. The first-order valence-electron chi connectivity index (χ1n) is 6.61. The third-order valence-corrected chi connectivity index (χ3v) is 4.05. The Bertz CT molecular complexity index is 607. The van der Waals surface area contributed by atoms with E-state index in [1.165, 1.54) is 0 Å². The van der Waals surface area contributed by atoms with Gasteiger partial charge in [-0.3, -0.25) is 9.59 Å². The van der Waals surface area contributed by atoms with Crippen molar-refractivity contribution < 1.29 is 28.2 Å². The molecule has 0 aliphatic carbocycles. The largest absolute Gasteiger partial charge is 0.481 e. The van der Waals surface area contributed by atoms with Crippen LogP contribution in [0.3, 0.4) is 0 Å². The zero-order valence-corrected chi connectivity index (χ0v) is 10.9. The summed E-state index contributed by atoms with van der Waals surface area (Å²) in [5.74, 6) is -5.14. The van der Waals surface area contributed by atoms with Crippen molar-refractivity contribution in [1.29, 1.82) is 0 Å². The number of halogens is 2. The summed E-state index contributed by atoms with van der Waals surface area (Å²) in [6.07, 6.45) is 0.287. The smallest absolute Gasteiger partial charge is 0.310 e. The third kappa shape index (κ3) is 2.37. The first-order chi connectivity index (χ1) is 9.97. The summed E-state index contributed by atoms with van der Waals surface area (Å²) in [7, 11) is 0. The minimum absolute atomic E-state index is 0.173. The predicted octanol–water partition coefficient (Wildman–Crippen LogP) is 1.78. The zero-order chi connectivity index (χ0) is 15.1. The van der Waals surface area contributed by atoms with Crippen LogP contribution in [-0.4, -0.2) is 29.2 Å². The van der Waals surface area contributed by atoms with Crippen molar-refractivity contribution in [1.82, 2.24) is 0 Å². The molecule has 0 aromatic heterocycles. The Morgan fingerprint density at radius 3 is 2.48 bits per heavy atom. The normalized spacial score (nSPS) is 30.4. The number of carboxylic acids is 1. The molecule has 3 rings (SSSR count). The van der Waals surface area contributed by atoms with Gasteiger partial charge in [-0.25, -0.2) is 8.78 Å². The highest BCUT2D eigenvalue weighted by atomic mass is 19.1. The van der Waals surface area contributed by atoms with Gasteiger partial charge in [0.25, 0.3) is 0 Å². The summed E-state index contributed by atoms with van der Waals surface area (Å²) in [6.45, 7) is 0. The summed E-state index contributed by atoms with van der Waals surface area (Å²) in [5.41, 5.74) is -0.173. The summed E-state index contributed by atoms with van der Waals surface area (Å²) in [6, 6.07) is 2.78. The Morgan fingerprint density at radius 1 is 1.19 bits per heavy atom. The molecule has 1 aromatic rings. The number of fused-ring (bicyclic) bond motifs is 2. The number of rotatable bonds is 3. The van der Waals surface area contributed by atoms with Crippen LogP contribution in [0, 0.1) is 23.5 Å². The molecular formula is C14H13F2NO4. The summed E-state index contributed by atoms with van der Waals surface area (Å²) < 4.78 is 31.8. The lowest BCUT2D eigenvalue weighted by atomic mass is 9.78. The molecule has 0 radical (unpaired) electrons. The van der Waals surface area contributed by atoms with E-state index < -0.39 is 47.6 Å². The topological polar surface area (TPSA) is 75.6 Å². The number of ether oxygens (including phenoxy) is 1. The predicted molar refractivity (Wildman–Crippen MR) is 67.5 cm³/mol. The molecule has 4 unspecified atom stereocenters. The van der Waals surface area contributed by atoms with Crippen molar-refractivity contribution in [2.75, 3.05) is 5.32 Å². The van der Waals surface area contributed by atoms with Gasteiger partial charge in [0, 0.05) is 6.07 Å². The number of benzene rings is 1. The first-order valence-corrected chi connectivity index (χ1v) is 6.61. The Labute approximate surface area is 118 Å². The van der Waals surface area contributed by atoms with Crippen LogP contribution in [0.1, 0.15) is 12.8 Å². The quantitative estimate of drug-likeness (QED) is 0.891. The number of anilines is 1. The van der Waals surface area contributed by atoms with E-state index >= 15 is 0 Å². The van der Waals surface area contributed by atoms with Crippen LogP contribution in [0.4, 0.5) is 14.5 Å². The molecule has 21 heavy (non-hydrogen) atoms. The van der Waals surface area contributed by atoms with Gasteiger partial charge in [0.1, 0.15) is 11.6 Å². The van der Waals surface area contributed by atoms with Crippen molar-refractivity contribution in [2.24, 2.45) is 11.8 Å². The van der Waals surface area contributed by atoms with Crippen LogP contribution in [0.15, 0.2) is 18.2 Å². The Balaban J connectivity index is 1.80. The Hall–Kier alpha value is -2.02. The molecule has 1 aromatic carbocycles. The van der Waals surface area contributed by atoms with Gasteiger partial charge in [-0.15, -0.1) is 0 Å². The van der Waals surface area contributed by atoms with Crippen molar-refractivity contribution >= 4 is 17.6 Å². The van der Waals surface area contributed by atoms with Crippen molar-refractivity contribution in [3.05, 3.63) is 29.8 Å². The minimum Gasteiger partial charge on any atom is -0.481 e. The molecule has 2 heterocycles. The zero-order valence-electron chi connectivity index (χ0n) is 10.9. The number of nitrogens with one attached hydrogen (secondary N) is 1. The number of carboxylic acid groups (broad SMARTS) is 1. The fourth-order valence-corrected chi connectivity index (χ4v) is 3.13. The standard InChI is InChI=1S/C14H13F2NO4/c15-6-1-2-8(7(16)5-6)17-13(18)11-9-3-4-10(21-9)12(11)14(19)20/h1-2,5,9-12H,3-4H2,(H,17,18)(H,19,20). The van der Waals surface area contributed by atoms with Crippen molar-refractivity contribution in [2.45, 2.75) is 25.0 Å². The van der Waals surface area contributed by atoms with Crippen LogP contribution in [0.25, 0.3) is 0 Å². The molecular weight excluding hydrogens is 284 g/mol. The second-order valence-corrected chi connectivity index (χ2v) is 5.29. The third-order valence-electron chi connectivity index (χ3n) is 4.05. The highest BCUT2D eigenvalue weighted by Crippen LogP contribution is 2.44. The van der Waals surface area contributed by atoms with Gasteiger partial charge in [0.05, 0.1) is 29.7 Å². The lowest BCUT2D eigenvalue weighted by Crippen LogP contribution is -2.41. The number of aliphatic carboxylic acids is 1. The number of carbonyl (C=O) groups is 2. The highest BCUT2D eigenvalue weighted by Gasteiger charge is 2.55. The SMILES string of the molecule is O=C(O)C1C2CCC(O2)C1C(=O)Nc1ccc(F)cc1F. The number of amides is 1. The maximum atomic E-state index is 13.5. The maximum Gasteiger partial charge on any atom is 0.310 e. The van der Waals surface area contributed by atoms with Crippen LogP contribution in [0.2, 0.25) is 0 Å². The molecule has 112 valence electrons. The molecule has 2 N–H and O–H groups in total. The van der Waals surface area contributed by atoms with Gasteiger partial charge in [-0.2, -0.15) is 0 Å². The van der Waals surface area contributed by atoms with Gasteiger partial charge in [0.15, 0.2) is 0 Å². The molecule has 7 heteroatoms. The number of hydrogen-bond acceptors (Lipinski definition) is 3. The fourth-order valence-electron chi connectivity index (χ4n) is 3.13. The lowest BCUT2D eigenvalue weighted by Gasteiger charge is -2.23. The van der Waals surface area contributed by atoms with Gasteiger partial charge < -0.3 is 15.2 Å². The molecule has 0 saturated carbocycles.